The van der Waals surface area contributed by atoms with Crippen LogP contribution in [-0.4, -0.2) is 22.7 Å². The van der Waals surface area contributed by atoms with Crippen molar-refractivity contribution in [3.8, 4) is 22.8 Å². The molecule has 0 bridgehead atoms. The van der Waals surface area contributed by atoms with Crippen molar-refractivity contribution in [2.75, 3.05) is 12.1 Å². The van der Waals surface area contributed by atoms with E-state index in [9.17, 15) is 4.79 Å². The van der Waals surface area contributed by atoms with Crippen LogP contribution in [0, 0.1) is 6.92 Å². The number of pyridine rings is 1. The topological polar surface area (TPSA) is 73.3 Å². The molecule has 138 valence electrons. The van der Waals surface area contributed by atoms with E-state index in [-0.39, 0.29) is 12.7 Å². The number of nitrogens with one attached hydrogen (secondary N) is 1. The molecule has 7 heteroatoms. The zero-order valence-electron chi connectivity index (χ0n) is 14.9. The highest BCUT2D eigenvalue weighted by Crippen LogP contribution is 2.36. The van der Waals surface area contributed by atoms with Gasteiger partial charge in [-0.05, 0) is 43.3 Å². The second-order valence-electron chi connectivity index (χ2n) is 6.42. The Morgan fingerprint density at radius 2 is 1.89 bits per heavy atom. The van der Waals surface area contributed by atoms with Crippen LogP contribution in [0.1, 0.15) is 16.1 Å². The van der Waals surface area contributed by atoms with Gasteiger partial charge in [0.15, 0.2) is 16.6 Å². The van der Waals surface area contributed by atoms with E-state index in [0.29, 0.717) is 16.4 Å². The summed E-state index contributed by atoms with van der Waals surface area (Å²) in [5.41, 5.74) is 3.94. The first kappa shape index (κ1) is 16.7. The fourth-order valence-corrected chi connectivity index (χ4v) is 3.76. The van der Waals surface area contributed by atoms with Crippen LogP contribution in [0.5, 0.6) is 11.5 Å². The first-order chi connectivity index (χ1) is 13.7. The lowest BCUT2D eigenvalue weighted by Gasteiger charge is -2.04. The summed E-state index contributed by atoms with van der Waals surface area (Å²) in [6.07, 6.45) is 0. The normalized spacial score (nSPS) is 12.3. The number of thiazole rings is 1. The Labute approximate surface area is 164 Å². The van der Waals surface area contributed by atoms with Crippen molar-refractivity contribution in [2.24, 2.45) is 0 Å². The SMILES string of the molecule is Cc1ccc2ccc(C(=O)Nc3nc(-c4ccc5c(c4)OCO5)cs3)cc2n1. The molecule has 6 nitrogen and oxygen atoms in total. The molecule has 0 fully saturated rings. The second kappa shape index (κ2) is 6.61. The molecule has 2 aromatic carbocycles. The zero-order chi connectivity index (χ0) is 19.1. The predicted molar refractivity (Wildman–Crippen MR) is 108 cm³/mol. The van der Waals surface area contributed by atoms with E-state index in [1.54, 1.807) is 12.1 Å². The highest BCUT2D eigenvalue weighted by molar-refractivity contribution is 7.14. The second-order valence-corrected chi connectivity index (χ2v) is 7.28. The van der Waals surface area contributed by atoms with Gasteiger partial charge in [-0.3, -0.25) is 15.1 Å². The molecule has 0 aliphatic carbocycles. The fraction of sp³-hybridized carbons (Fsp3) is 0.0952. The largest absolute Gasteiger partial charge is 0.454 e. The van der Waals surface area contributed by atoms with Gasteiger partial charge in [0, 0.05) is 27.6 Å². The van der Waals surface area contributed by atoms with E-state index in [0.717, 1.165) is 33.6 Å². The van der Waals surface area contributed by atoms with E-state index in [1.165, 1.54) is 11.3 Å². The Morgan fingerprint density at radius 1 is 1.04 bits per heavy atom. The summed E-state index contributed by atoms with van der Waals surface area (Å²) in [7, 11) is 0. The quantitative estimate of drug-likeness (QED) is 0.552. The zero-order valence-corrected chi connectivity index (χ0v) is 15.7. The van der Waals surface area contributed by atoms with Crippen molar-refractivity contribution in [2.45, 2.75) is 6.92 Å². The minimum absolute atomic E-state index is 0.211. The van der Waals surface area contributed by atoms with Gasteiger partial charge in [0.05, 0.1) is 11.2 Å². The standard InChI is InChI=1S/C21H15N3O3S/c1-12-2-3-13-4-5-15(8-16(13)22-12)20(25)24-21-23-17(10-28-21)14-6-7-18-19(9-14)27-11-26-18/h2-10H,11H2,1H3,(H,23,24,25). The minimum atomic E-state index is -0.211. The number of hydrogen-bond acceptors (Lipinski definition) is 6. The van der Waals surface area contributed by atoms with Crippen LogP contribution in [0.25, 0.3) is 22.2 Å². The molecule has 1 aliphatic rings. The van der Waals surface area contributed by atoms with Crippen molar-refractivity contribution in [3.63, 3.8) is 0 Å². The number of ether oxygens (including phenoxy) is 2. The lowest BCUT2D eigenvalue weighted by Crippen LogP contribution is -2.11. The maximum absolute atomic E-state index is 12.6. The summed E-state index contributed by atoms with van der Waals surface area (Å²) in [5.74, 6) is 1.22. The lowest BCUT2D eigenvalue weighted by molar-refractivity contribution is 0.102. The van der Waals surface area contributed by atoms with E-state index in [4.69, 9.17) is 9.47 Å². The molecular formula is C21H15N3O3S. The summed E-state index contributed by atoms with van der Waals surface area (Å²) < 4.78 is 10.7. The summed E-state index contributed by atoms with van der Waals surface area (Å²) in [6, 6.07) is 15.1. The molecule has 0 atom stereocenters. The number of nitrogens with zero attached hydrogens (tertiary/aromatic N) is 2. The number of aryl methyl sites for hydroxylation is 1. The number of carbonyl (C=O) groups is 1. The number of anilines is 1. The smallest absolute Gasteiger partial charge is 0.257 e. The average molecular weight is 389 g/mol. The minimum Gasteiger partial charge on any atom is -0.454 e. The molecular weight excluding hydrogens is 374 g/mol. The number of fused-ring (bicyclic) bond motifs is 2. The molecule has 4 aromatic rings. The molecule has 0 spiro atoms. The van der Waals surface area contributed by atoms with Crippen molar-refractivity contribution in [3.05, 3.63) is 65.2 Å². The maximum Gasteiger partial charge on any atom is 0.257 e. The van der Waals surface area contributed by atoms with Gasteiger partial charge in [0.25, 0.3) is 5.91 Å². The molecule has 2 aromatic heterocycles. The van der Waals surface area contributed by atoms with Crippen LogP contribution in [0.3, 0.4) is 0 Å². The summed E-state index contributed by atoms with van der Waals surface area (Å²) >= 11 is 1.38. The van der Waals surface area contributed by atoms with Crippen LogP contribution < -0.4 is 14.8 Å². The molecule has 0 radical (unpaired) electrons. The van der Waals surface area contributed by atoms with E-state index in [1.807, 2.05) is 48.7 Å². The molecule has 0 saturated heterocycles. The van der Waals surface area contributed by atoms with Crippen molar-refractivity contribution in [1.29, 1.82) is 0 Å². The molecule has 5 rings (SSSR count). The van der Waals surface area contributed by atoms with Crippen molar-refractivity contribution in [1.82, 2.24) is 9.97 Å². The van der Waals surface area contributed by atoms with E-state index < -0.39 is 0 Å². The van der Waals surface area contributed by atoms with Crippen LogP contribution in [0.2, 0.25) is 0 Å². The third-order valence-corrected chi connectivity index (χ3v) is 5.24. The number of carbonyl (C=O) groups excluding carboxylic acids is 1. The highest BCUT2D eigenvalue weighted by Gasteiger charge is 2.16. The summed E-state index contributed by atoms with van der Waals surface area (Å²) in [5, 5.41) is 6.30. The molecule has 1 N–H and O–H groups in total. The monoisotopic (exact) mass is 389 g/mol. The summed E-state index contributed by atoms with van der Waals surface area (Å²) in [6.45, 7) is 2.16. The Bertz CT molecular complexity index is 1220. The van der Waals surface area contributed by atoms with Crippen LogP contribution in [0.4, 0.5) is 5.13 Å². The van der Waals surface area contributed by atoms with Crippen molar-refractivity contribution >= 4 is 33.3 Å². The van der Waals surface area contributed by atoms with Crippen LogP contribution in [0.15, 0.2) is 53.9 Å². The first-order valence-corrected chi connectivity index (χ1v) is 9.58. The van der Waals surface area contributed by atoms with Gasteiger partial charge in [0.2, 0.25) is 6.79 Å². The fourth-order valence-electron chi connectivity index (χ4n) is 3.05. The van der Waals surface area contributed by atoms with E-state index in [2.05, 4.69) is 15.3 Å². The van der Waals surface area contributed by atoms with Gasteiger partial charge in [-0.2, -0.15) is 0 Å². The lowest BCUT2D eigenvalue weighted by atomic mass is 10.1. The third kappa shape index (κ3) is 3.05. The van der Waals surface area contributed by atoms with Gasteiger partial charge < -0.3 is 9.47 Å². The Morgan fingerprint density at radius 3 is 2.82 bits per heavy atom. The molecule has 1 aliphatic heterocycles. The number of aromatic nitrogens is 2. The van der Waals surface area contributed by atoms with Gasteiger partial charge in [-0.25, -0.2) is 4.98 Å². The first-order valence-electron chi connectivity index (χ1n) is 8.70. The van der Waals surface area contributed by atoms with Crippen LogP contribution >= 0.6 is 11.3 Å². The molecule has 3 heterocycles. The predicted octanol–water partition coefficient (Wildman–Crippen LogP) is 4.65. The molecule has 28 heavy (non-hydrogen) atoms. The summed E-state index contributed by atoms with van der Waals surface area (Å²) in [4.78, 5) is 21.6. The molecule has 0 unspecified atom stereocenters. The Kier molecular flexibility index (Phi) is 3.95. The Hall–Kier alpha value is -3.45. The number of rotatable bonds is 3. The van der Waals surface area contributed by atoms with E-state index >= 15 is 0 Å². The maximum atomic E-state index is 12.6. The third-order valence-electron chi connectivity index (χ3n) is 4.49. The van der Waals surface area contributed by atoms with Gasteiger partial charge in [-0.1, -0.05) is 12.1 Å². The molecule has 0 saturated carbocycles. The van der Waals surface area contributed by atoms with Gasteiger partial charge in [0.1, 0.15) is 0 Å². The molecule has 1 amide bonds. The number of benzene rings is 2. The van der Waals surface area contributed by atoms with Gasteiger partial charge >= 0.3 is 0 Å². The van der Waals surface area contributed by atoms with Gasteiger partial charge in [-0.15, -0.1) is 11.3 Å². The number of amides is 1. The highest BCUT2D eigenvalue weighted by atomic mass is 32.1. The number of hydrogen-bond donors (Lipinski definition) is 1. The average Bonchev–Trinajstić information content (AvgIpc) is 3.36. The van der Waals surface area contributed by atoms with Crippen LogP contribution in [-0.2, 0) is 0 Å². The Balaban J connectivity index is 1.37. The van der Waals surface area contributed by atoms with Crippen molar-refractivity contribution < 1.29 is 14.3 Å².